The lowest BCUT2D eigenvalue weighted by Gasteiger charge is -2.28. The van der Waals surface area contributed by atoms with Gasteiger partial charge in [0, 0.05) is 6.04 Å². The van der Waals surface area contributed by atoms with E-state index in [0.29, 0.717) is 11.8 Å². The zero-order chi connectivity index (χ0) is 14.5. The van der Waals surface area contributed by atoms with Gasteiger partial charge in [0.2, 0.25) is 0 Å². The number of fused-ring (bicyclic) bond motifs is 1. The second-order valence-corrected chi connectivity index (χ2v) is 8.23. The fourth-order valence-electron chi connectivity index (χ4n) is 4.78. The highest BCUT2D eigenvalue weighted by molar-refractivity contribution is 5.88. The average molecular weight is 279 g/mol. The van der Waals surface area contributed by atoms with Crippen molar-refractivity contribution in [3.8, 4) is 0 Å². The molecule has 0 aromatic carbocycles. The summed E-state index contributed by atoms with van der Waals surface area (Å²) >= 11 is 0. The van der Waals surface area contributed by atoms with E-state index in [9.17, 15) is 4.79 Å². The molecule has 3 aliphatic rings. The molecule has 0 bridgehead atoms. The lowest BCUT2D eigenvalue weighted by atomic mass is 9.80. The highest BCUT2D eigenvalue weighted by Crippen LogP contribution is 2.44. The van der Waals surface area contributed by atoms with Crippen LogP contribution in [0.1, 0.15) is 66.2 Å². The molecule has 3 heteroatoms. The standard InChI is InChI=1S/C17H29NO2/c1-16(2)10-12(17(3,4)20-16)15(19)14-9-11-7-5-6-8-13(11)18-14/h11-14,18H,5-10H2,1-4H3. The Morgan fingerprint density at radius 2 is 1.85 bits per heavy atom. The fourth-order valence-corrected chi connectivity index (χ4v) is 4.78. The minimum Gasteiger partial charge on any atom is -0.369 e. The Labute approximate surface area is 122 Å². The first-order chi connectivity index (χ1) is 9.28. The average Bonchev–Trinajstić information content (AvgIpc) is 2.85. The summed E-state index contributed by atoms with van der Waals surface area (Å²) in [5.41, 5.74) is -0.495. The SMILES string of the molecule is CC1(C)CC(C(=O)C2CC3CCCCC3N2)C(C)(C)O1. The molecule has 2 heterocycles. The van der Waals surface area contributed by atoms with Crippen LogP contribution in [0.5, 0.6) is 0 Å². The van der Waals surface area contributed by atoms with Gasteiger partial charge in [-0.05, 0) is 59.3 Å². The van der Waals surface area contributed by atoms with Gasteiger partial charge in [-0.1, -0.05) is 12.8 Å². The van der Waals surface area contributed by atoms with Crippen LogP contribution in [-0.4, -0.2) is 29.1 Å². The summed E-state index contributed by atoms with van der Waals surface area (Å²) in [6.07, 6.45) is 7.12. The Bertz CT molecular complexity index is 388. The van der Waals surface area contributed by atoms with Gasteiger partial charge in [-0.2, -0.15) is 0 Å². The van der Waals surface area contributed by atoms with Gasteiger partial charge in [-0.25, -0.2) is 0 Å². The number of nitrogens with one attached hydrogen (secondary N) is 1. The molecule has 20 heavy (non-hydrogen) atoms. The molecule has 3 nitrogen and oxygen atoms in total. The van der Waals surface area contributed by atoms with Gasteiger partial charge in [0.05, 0.1) is 23.2 Å². The van der Waals surface area contributed by atoms with E-state index < -0.39 is 0 Å². The molecular weight excluding hydrogens is 250 g/mol. The predicted molar refractivity (Wildman–Crippen MR) is 79.6 cm³/mol. The van der Waals surface area contributed by atoms with Crippen LogP contribution >= 0.6 is 0 Å². The van der Waals surface area contributed by atoms with E-state index >= 15 is 0 Å². The highest BCUT2D eigenvalue weighted by Gasteiger charge is 2.52. The van der Waals surface area contributed by atoms with Crippen molar-refractivity contribution in [1.29, 1.82) is 0 Å². The Balaban J connectivity index is 1.70. The molecule has 0 aromatic rings. The number of ether oxygens (including phenoxy) is 1. The molecule has 1 aliphatic carbocycles. The number of ketones is 1. The van der Waals surface area contributed by atoms with Crippen LogP contribution in [0.25, 0.3) is 0 Å². The Kier molecular flexibility index (Phi) is 3.49. The zero-order valence-corrected chi connectivity index (χ0v) is 13.4. The van der Waals surface area contributed by atoms with Gasteiger partial charge in [0.25, 0.3) is 0 Å². The van der Waals surface area contributed by atoms with E-state index in [0.717, 1.165) is 18.8 Å². The summed E-state index contributed by atoms with van der Waals surface area (Å²) in [5.74, 6) is 1.17. The lowest BCUT2D eigenvalue weighted by Crippen LogP contribution is -2.44. The highest BCUT2D eigenvalue weighted by atomic mass is 16.5. The second kappa shape index (κ2) is 4.81. The number of hydrogen-bond donors (Lipinski definition) is 1. The second-order valence-electron chi connectivity index (χ2n) is 8.23. The number of Topliss-reactive ketones (excluding diaryl/α,β-unsaturated/α-hetero) is 1. The third-order valence-corrected chi connectivity index (χ3v) is 5.62. The van der Waals surface area contributed by atoms with Crippen LogP contribution in [0.2, 0.25) is 0 Å². The summed E-state index contributed by atoms with van der Waals surface area (Å²) in [5, 5.41) is 3.63. The van der Waals surface area contributed by atoms with Crippen molar-refractivity contribution in [3.05, 3.63) is 0 Å². The van der Waals surface area contributed by atoms with Crippen LogP contribution in [0.4, 0.5) is 0 Å². The maximum atomic E-state index is 13.0. The fraction of sp³-hybridized carbons (Fsp3) is 0.941. The van der Waals surface area contributed by atoms with E-state index in [4.69, 9.17) is 4.74 Å². The van der Waals surface area contributed by atoms with Crippen molar-refractivity contribution in [2.45, 2.75) is 89.5 Å². The van der Waals surface area contributed by atoms with E-state index in [1.165, 1.54) is 25.7 Å². The number of carbonyl (C=O) groups is 1. The maximum absolute atomic E-state index is 13.0. The molecule has 0 amide bonds. The molecule has 0 spiro atoms. The van der Waals surface area contributed by atoms with Crippen molar-refractivity contribution >= 4 is 5.78 Å². The van der Waals surface area contributed by atoms with Crippen molar-refractivity contribution in [2.75, 3.05) is 0 Å². The lowest BCUT2D eigenvalue weighted by molar-refractivity contribution is -0.131. The first-order valence-electron chi connectivity index (χ1n) is 8.28. The monoisotopic (exact) mass is 279 g/mol. The minimum absolute atomic E-state index is 0.0372. The molecule has 1 N–H and O–H groups in total. The van der Waals surface area contributed by atoms with Crippen molar-refractivity contribution in [2.24, 2.45) is 11.8 Å². The van der Waals surface area contributed by atoms with Gasteiger partial charge < -0.3 is 10.1 Å². The molecule has 0 aromatic heterocycles. The molecule has 0 radical (unpaired) electrons. The van der Waals surface area contributed by atoms with Crippen LogP contribution in [0, 0.1) is 11.8 Å². The van der Waals surface area contributed by atoms with Gasteiger partial charge in [-0.15, -0.1) is 0 Å². The molecule has 4 unspecified atom stereocenters. The van der Waals surface area contributed by atoms with Crippen molar-refractivity contribution in [3.63, 3.8) is 0 Å². The quantitative estimate of drug-likeness (QED) is 0.844. The summed E-state index contributed by atoms with van der Waals surface area (Å²) in [6, 6.07) is 0.668. The van der Waals surface area contributed by atoms with Crippen LogP contribution in [0.15, 0.2) is 0 Å². The molecule has 1 saturated carbocycles. The van der Waals surface area contributed by atoms with Gasteiger partial charge in [0.15, 0.2) is 5.78 Å². The number of rotatable bonds is 2. The number of carbonyl (C=O) groups excluding carboxylic acids is 1. The molecular formula is C17H29NO2. The summed E-state index contributed by atoms with van der Waals surface area (Å²) < 4.78 is 6.10. The molecule has 3 rings (SSSR count). The smallest absolute Gasteiger partial charge is 0.155 e. The molecule has 2 saturated heterocycles. The summed E-state index contributed by atoms with van der Waals surface area (Å²) in [7, 11) is 0. The molecule has 2 aliphatic heterocycles. The van der Waals surface area contributed by atoms with E-state index in [1.807, 2.05) is 0 Å². The number of hydrogen-bond acceptors (Lipinski definition) is 3. The van der Waals surface area contributed by atoms with Crippen molar-refractivity contribution < 1.29 is 9.53 Å². The van der Waals surface area contributed by atoms with Gasteiger partial charge in [0.1, 0.15) is 0 Å². The maximum Gasteiger partial charge on any atom is 0.155 e. The van der Waals surface area contributed by atoms with Crippen LogP contribution < -0.4 is 5.32 Å². The topological polar surface area (TPSA) is 38.3 Å². The Morgan fingerprint density at radius 3 is 2.45 bits per heavy atom. The predicted octanol–water partition coefficient (Wildman–Crippen LogP) is 3.07. The minimum atomic E-state index is -0.323. The van der Waals surface area contributed by atoms with E-state index in [-0.39, 0.29) is 23.2 Å². The summed E-state index contributed by atoms with van der Waals surface area (Å²) in [4.78, 5) is 13.0. The molecule has 114 valence electrons. The zero-order valence-electron chi connectivity index (χ0n) is 13.4. The first-order valence-corrected chi connectivity index (χ1v) is 8.28. The Hall–Kier alpha value is -0.410. The third-order valence-electron chi connectivity index (χ3n) is 5.62. The van der Waals surface area contributed by atoms with Crippen LogP contribution in [0.3, 0.4) is 0 Å². The Morgan fingerprint density at radius 1 is 1.15 bits per heavy atom. The molecule has 4 atom stereocenters. The first kappa shape index (κ1) is 14.5. The van der Waals surface area contributed by atoms with Gasteiger partial charge >= 0.3 is 0 Å². The van der Waals surface area contributed by atoms with E-state index in [1.54, 1.807) is 0 Å². The van der Waals surface area contributed by atoms with E-state index in [2.05, 4.69) is 33.0 Å². The third kappa shape index (κ3) is 2.55. The van der Waals surface area contributed by atoms with Crippen molar-refractivity contribution in [1.82, 2.24) is 5.32 Å². The summed E-state index contributed by atoms with van der Waals surface area (Å²) in [6.45, 7) is 8.35. The molecule has 3 fully saturated rings. The van der Waals surface area contributed by atoms with Gasteiger partial charge in [-0.3, -0.25) is 4.79 Å². The largest absolute Gasteiger partial charge is 0.369 e. The van der Waals surface area contributed by atoms with Crippen LogP contribution in [-0.2, 0) is 9.53 Å². The normalized spacial score (nSPS) is 42.4.